The average molecular weight is 319 g/mol. The minimum atomic E-state index is -0.0823. The van der Waals surface area contributed by atoms with E-state index in [1.54, 1.807) is 23.6 Å². The molecule has 84 valence electrons. The average Bonchev–Trinajstić information content (AvgIpc) is 2.67. The number of nitrogens with one attached hydrogen (secondary N) is 1. The summed E-state index contributed by atoms with van der Waals surface area (Å²) in [6.45, 7) is 0. The molecule has 2 heterocycles. The van der Waals surface area contributed by atoms with E-state index in [1.165, 1.54) is 0 Å². The van der Waals surface area contributed by atoms with Gasteiger partial charge >= 0.3 is 0 Å². The van der Waals surface area contributed by atoms with Crippen LogP contribution < -0.4 is 11.3 Å². The Hall–Kier alpha value is -0.460. The Bertz CT molecular complexity index is 488. The Morgan fingerprint density at radius 1 is 1.50 bits per heavy atom. The third-order valence-electron chi connectivity index (χ3n) is 2.20. The fourth-order valence-electron chi connectivity index (χ4n) is 1.46. The maximum Gasteiger partial charge on any atom is 0.129 e. The van der Waals surface area contributed by atoms with Crippen LogP contribution in [0.15, 0.2) is 33.6 Å². The molecule has 0 aliphatic carbocycles. The molecule has 0 aliphatic rings. The first-order valence-corrected chi connectivity index (χ1v) is 6.63. The third kappa shape index (κ3) is 2.44. The topological polar surface area (TPSA) is 50.9 Å². The summed E-state index contributed by atoms with van der Waals surface area (Å²) in [5, 5.41) is 4.52. The first-order chi connectivity index (χ1) is 7.72. The number of rotatable bonds is 3. The lowest BCUT2D eigenvalue weighted by molar-refractivity contribution is 0.636. The lowest BCUT2D eigenvalue weighted by Crippen LogP contribution is -2.28. The maximum atomic E-state index is 5.86. The van der Waals surface area contributed by atoms with Gasteiger partial charge in [-0.2, -0.15) is 11.3 Å². The number of pyridine rings is 1. The zero-order valence-electron chi connectivity index (χ0n) is 8.15. The number of thiophene rings is 1. The van der Waals surface area contributed by atoms with Crippen molar-refractivity contribution in [3.63, 3.8) is 0 Å². The summed E-state index contributed by atoms with van der Waals surface area (Å²) in [5.74, 6) is 5.59. The van der Waals surface area contributed by atoms with Crippen LogP contribution in [-0.2, 0) is 0 Å². The number of aromatic nitrogens is 1. The van der Waals surface area contributed by atoms with Crippen LogP contribution in [0.4, 0.5) is 0 Å². The number of halogens is 2. The van der Waals surface area contributed by atoms with Gasteiger partial charge in [-0.1, -0.05) is 11.6 Å². The van der Waals surface area contributed by atoms with E-state index >= 15 is 0 Å². The molecule has 1 unspecified atom stereocenters. The molecule has 0 saturated carbocycles. The molecule has 3 N–H and O–H groups in total. The largest absolute Gasteiger partial charge is 0.271 e. The number of hydrogen-bond acceptors (Lipinski definition) is 4. The van der Waals surface area contributed by atoms with Gasteiger partial charge in [0, 0.05) is 16.0 Å². The Morgan fingerprint density at radius 3 is 2.88 bits per heavy atom. The van der Waals surface area contributed by atoms with Crippen LogP contribution in [0.25, 0.3) is 0 Å². The van der Waals surface area contributed by atoms with Gasteiger partial charge in [-0.05, 0) is 44.6 Å². The predicted octanol–water partition coefficient (Wildman–Crippen LogP) is 3.11. The van der Waals surface area contributed by atoms with Crippen molar-refractivity contribution in [1.82, 2.24) is 10.4 Å². The molecule has 3 nitrogen and oxygen atoms in total. The lowest BCUT2D eigenvalue weighted by Gasteiger charge is -2.15. The molecule has 0 spiro atoms. The zero-order chi connectivity index (χ0) is 11.5. The van der Waals surface area contributed by atoms with Gasteiger partial charge in [-0.3, -0.25) is 5.84 Å². The van der Waals surface area contributed by atoms with Gasteiger partial charge < -0.3 is 0 Å². The van der Waals surface area contributed by atoms with Crippen molar-refractivity contribution in [2.24, 2.45) is 5.84 Å². The smallest absolute Gasteiger partial charge is 0.129 e. The highest BCUT2D eigenvalue weighted by Crippen LogP contribution is 2.31. The van der Waals surface area contributed by atoms with Crippen LogP contribution in [0.5, 0.6) is 0 Å². The van der Waals surface area contributed by atoms with Gasteiger partial charge in [-0.15, -0.1) is 0 Å². The monoisotopic (exact) mass is 317 g/mol. The van der Waals surface area contributed by atoms with Crippen molar-refractivity contribution in [2.45, 2.75) is 6.04 Å². The molecule has 2 aromatic heterocycles. The van der Waals surface area contributed by atoms with Crippen molar-refractivity contribution >= 4 is 38.9 Å². The summed E-state index contributed by atoms with van der Waals surface area (Å²) < 4.78 is 1.04. The van der Waals surface area contributed by atoms with Gasteiger partial charge in [-0.25, -0.2) is 10.4 Å². The van der Waals surface area contributed by atoms with Crippen molar-refractivity contribution in [3.8, 4) is 0 Å². The van der Waals surface area contributed by atoms with Crippen molar-refractivity contribution in [3.05, 3.63) is 49.8 Å². The van der Waals surface area contributed by atoms with E-state index in [4.69, 9.17) is 17.4 Å². The Morgan fingerprint density at radius 2 is 2.31 bits per heavy atom. The number of hydrazine groups is 1. The number of hydrogen-bond donors (Lipinski definition) is 2. The SMILES string of the molecule is NNC(c1ccnc(Cl)c1)c1cscc1Br. The molecule has 0 amide bonds. The summed E-state index contributed by atoms with van der Waals surface area (Å²) in [4.78, 5) is 3.95. The van der Waals surface area contributed by atoms with E-state index in [2.05, 4.69) is 26.3 Å². The summed E-state index contributed by atoms with van der Waals surface area (Å²) in [5.41, 5.74) is 4.86. The molecule has 0 fully saturated rings. The van der Waals surface area contributed by atoms with Crippen molar-refractivity contribution in [1.29, 1.82) is 0 Å². The highest BCUT2D eigenvalue weighted by Gasteiger charge is 2.16. The first kappa shape index (κ1) is 12.0. The van der Waals surface area contributed by atoms with Crippen molar-refractivity contribution in [2.75, 3.05) is 0 Å². The predicted molar refractivity (Wildman–Crippen MR) is 70.4 cm³/mol. The first-order valence-electron chi connectivity index (χ1n) is 4.51. The highest BCUT2D eigenvalue weighted by molar-refractivity contribution is 9.10. The Balaban J connectivity index is 2.40. The van der Waals surface area contributed by atoms with Gasteiger partial charge in [0.1, 0.15) is 5.15 Å². The van der Waals surface area contributed by atoms with Gasteiger partial charge in [0.15, 0.2) is 0 Å². The summed E-state index contributed by atoms with van der Waals surface area (Å²) >= 11 is 11.0. The van der Waals surface area contributed by atoms with Crippen LogP contribution in [0.2, 0.25) is 5.15 Å². The molecule has 1 atom stereocenters. The Kier molecular flexibility index (Phi) is 3.94. The normalized spacial score (nSPS) is 12.7. The minimum absolute atomic E-state index is 0.0823. The maximum absolute atomic E-state index is 5.86. The highest BCUT2D eigenvalue weighted by atomic mass is 79.9. The van der Waals surface area contributed by atoms with Crippen LogP contribution in [0.1, 0.15) is 17.2 Å². The molecule has 0 aromatic carbocycles. The molecule has 16 heavy (non-hydrogen) atoms. The minimum Gasteiger partial charge on any atom is -0.271 e. The van der Waals surface area contributed by atoms with Crippen LogP contribution in [0, 0.1) is 0 Å². The van der Waals surface area contributed by atoms with Gasteiger partial charge in [0.25, 0.3) is 0 Å². The van der Waals surface area contributed by atoms with Gasteiger partial charge in [0.2, 0.25) is 0 Å². The second-order valence-electron chi connectivity index (χ2n) is 3.19. The van der Waals surface area contributed by atoms with Crippen LogP contribution in [-0.4, -0.2) is 4.98 Å². The second kappa shape index (κ2) is 5.25. The van der Waals surface area contributed by atoms with Crippen LogP contribution in [0.3, 0.4) is 0 Å². The fourth-order valence-corrected chi connectivity index (χ4v) is 3.19. The van der Waals surface area contributed by atoms with E-state index in [0.717, 1.165) is 15.6 Å². The third-order valence-corrected chi connectivity index (χ3v) is 4.16. The molecule has 0 radical (unpaired) electrons. The fraction of sp³-hybridized carbons (Fsp3) is 0.100. The van der Waals surface area contributed by atoms with Gasteiger partial charge in [0.05, 0.1) is 6.04 Å². The molecule has 0 aliphatic heterocycles. The quantitative estimate of drug-likeness (QED) is 0.519. The number of nitrogens with zero attached hydrogens (tertiary/aromatic N) is 1. The molecular formula is C10H9BrClN3S. The van der Waals surface area contributed by atoms with E-state index < -0.39 is 0 Å². The van der Waals surface area contributed by atoms with E-state index in [9.17, 15) is 0 Å². The lowest BCUT2D eigenvalue weighted by atomic mass is 10.0. The summed E-state index contributed by atoms with van der Waals surface area (Å²) in [6, 6.07) is 3.61. The van der Waals surface area contributed by atoms with E-state index in [-0.39, 0.29) is 6.04 Å². The molecule has 2 rings (SSSR count). The second-order valence-corrected chi connectivity index (χ2v) is 5.17. The Labute approximate surface area is 111 Å². The zero-order valence-corrected chi connectivity index (χ0v) is 11.3. The summed E-state index contributed by atoms with van der Waals surface area (Å²) in [7, 11) is 0. The molecule has 2 aromatic rings. The molecule has 6 heteroatoms. The van der Waals surface area contributed by atoms with Crippen molar-refractivity contribution < 1.29 is 0 Å². The van der Waals surface area contributed by atoms with Crippen LogP contribution >= 0.6 is 38.9 Å². The summed E-state index contributed by atoms with van der Waals surface area (Å²) in [6.07, 6.45) is 1.67. The standard InChI is InChI=1S/C10H9BrClN3S/c11-8-5-16-4-7(8)10(15-13)6-1-2-14-9(12)3-6/h1-5,10,15H,13H2. The molecule has 0 saturated heterocycles. The molecule has 0 bridgehead atoms. The molecular weight excluding hydrogens is 310 g/mol. The number of nitrogens with two attached hydrogens (primary N) is 1. The van der Waals surface area contributed by atoms with E-state index in [1.807, 2.05) is 16.8 Å². The van der Waals surface area contributed by atoms with E-state index in [0.29, 0.717) is 5.15 Å².